The Morgan fingerprint density at radius 1 is 1.02 bits per heavy atom. The van der Waals surface area contributed by atoms with Crippen LogP contribution in [0.3, 0.4) is 0 Å². The number of hydrogen-bond acceptors (Lipinski definition) is 10. The van der Waals surface area contributed by atoms with Gasteiger partial charge in [0.1, 0.15) is 11.7 Å². The Hall–Kier alpha value is -5.33. The number of aromatic amines is 1. The van der Waals surface area contributed by atoms with Crippen molar-refractivity contribution in [2.24, 2.45) is 0 Å². The number of ether oxygens (including phenoxy) is 3. The minimum Gasteiger partial charge on any atom is -0.431 e. The van der Waals surface area contributed by atoms with E-state index in [4.69, 9.17) is 14.2 Å². The Morgan fingerprint density at radius 3 is 2.51 bits per heavy atom. The third kappa shape index (κ3) is 7.24. The minimum absolute atomic E-state index is 0.0749. The largest absolute Gasteiger partial charge is 0.511 e. The zero-order valence-corrected chi connectivity index (χ0v) is 26.4. The van der Waals surface area contributed by atoms with E-state index in [1.807, 2.05) is 53.1 Å². The molecule has 1 unspecified atom stereocenters. The van der Waals surface area contributed by atoms with E-state index in [0.29, 0.717) is 24.4 Å². The third-order valence-electron chi connectivity index (χ3n) is 8.30. The normalized spacial score (nSPS) is 14.2. The third-order valence-corrected chi connectivity index (χ3v) is 8.30. The number of esters is 1. The van der Waals surface area contributed by atoms with E-state index >= 15 is 0 Å². The Morgan fingerprint density at radius 2 is 1.79 bits per heavy atom. The number of aryl methyl sites for hydroxylation is 1. The fraction of sp³-hybridized carbons (Fsp3) is 0.382. The maximum absolute atomic E-state index is 13.4. The first-order valence-corrected chi connectivity index (χ1v) is 16.0. The predicted octanol–water partition coefficient (Wildman–Crippen LogP) is 5.72. The average Bonchev–Trinajstić information content (AvgIpc) is 3.78. The van der Waals surface area contributed by atoms with Crippen molar-refractivity contribution in [3.05, 3.63) is 88.0 Å². The molecule has 6 rings (SSSR count). The van der Waals surface area contributed by atoms with Crippen molar-refractivity contribution in [3.8, 4) is 22.5 Å². The van der Waals surface area contributed by atoms with Gasteiger partial charge in [-0.1, -0.05) is 68.3 Å². The Bertz CT molecular complexity index is 1890. The second-order valence-electron chi connectivity index (χ2n) is 11.7. The van der Waals surface area contributed by atoms with Gasteiger partial charge in [0.25, 0.3) is 5.56 Å². The maximum Gasteiger partial charge on any atom is 0.511 e. The van der Waals surface area contributed by atoms with E-state index in [2.05, 4.69) is 32.6 Å². The molecule has 13 heteroatoms. The number of aromatic nitrogens is 7. The average molecular weight is 640 g/mol. The van der Waals surface area contributed by atoms with Crippen LogP contribution in [0.2, 0.25) is 0 Å². The van der Waals surface area contributed by atoms with Crippen molar-refractivity contribution in [2.75, 3.05) is 0 Å². The van der Waals surface area contributed by atoms with Crippen molar-refractivity contribution in [3.63, 3.8) is 0 Å². The van der Waals surface area contributed by atoms with Gasteiger partial charge in [0.15, 0.2) is 5.65 Å². The number of hydrogen-bond donors (Lipinski definition) is 1. The highest BCUT2D eigenvalue weighted by molar-refractivity contribution is 5.96. The van der Waals surface area contributed by atoms with Crippen molar-refractivity contribution < 1.29 is 23.8 Å². The van der Waals surface area contributed by atoms with Crippen molar-refractivity contribution in [1.82, 2.24) is 34.8 Å². The van der Waals surface area contributed by atoms with E-state index in [1.165, 1.54) is 17.6 Å². The van der Waals surface area contributed by atoms with Gasteiger partial charge in [-0.15, -0.1) is 10.2 Å². The number of rotatable bonds is 11. The van der Waals surface area contributed by atoms with E-state index in [0.717, 1.165) is 67.2 Å². The van der Waals surface area contributed by atoms with Gasteiger partial charge >= 0.3 is 12.1 Å². The Kier molecular flexibility index (Phi) is 9.69. The molecule has 1 fully saturated rings. The molecule has 1 saturated carbocycles. The number of benzene rings is 2. The molecule has 244 valence electrons. The van der Waals surface area contributed by atoms with Crippen LogP contribution in [0.1, 0.15) is 80.3 Å². The van der Waals surface area contributed by atoms with Gasteiger partial charge in [-0.2, -0.15) is 14.8 Å². The van der Waals surface area contributed by atoms with Gasteiger partial charge < -0.3 is 18.8 Å². The van der Waals surface area contributed by atoms with Gasteiger partial charge in [0.2, 0.25) is 12.1 Å². The molecule has 0 bridgehead atoms. The molecule has 1 aliphatic rings. The summed E-state index contributed by atoms with van der Waals surface area (Å²) >= 11 is 0. The summed E-state index contributed by atoms with van der Waals surface area (Å²) in [7, 11) is 0. The summed E-state index contributed by atoms with van der Waals surface area (Å²) < 4.78 is 19.1. The summed E-state index contributed by atoms with van der Waals surface area (Å²) in [6.45, 7) is 3.85. The van der Waals surface area contributed by atoms with E-state index in [1.54, 1.807) is 6.20 Å². The van der Waals surface area contributed by atoms with Gasteiger partial charge in [0.05, 0.1) is 6.20 Å². The van der Waals surface area contributed by atoms with Crippen LogP contribution in [0.5, 0.6) is 0 Å². The van der Waals surface area contributed by atoms with Gasteiger partial charge in [-0.05, 0) is 60.4 Å². The number of fused-ring (bicyclic) bond motifs is 1. The molecule has 0 radical (unpaired) electrons. The van der Waals surface area contributed by atoms with Gasteiger partial charge in [-0.3, -0.25) is 4.79 Å². The summed E-state index contributed by atoms with van der Waals surface area (Å²) in [6, 6.07) is 15.8. The number of carbonyl (C=O) groups excluding carboxylic acids is 2. The Labute approximate surface area is 270 Å². The number of tetrazole rings is 1. The number of H-pyrrole nitrogens is 1. The van der Waals surface area contributed by atoms with Gasteiger partial charge in [-0.25, -0.2) is 9.59 Å². The molecule has 5 aromatic rings. The highest BCUT2D eigenvalue weighted by Crippen LogP contribution is 2.30. The lowest BCUT2D eigenvalue weighted by molar-refractivity contribution is -0.0914. The van der Waals surface area contributed by atoms with Crippen LogP contribution in [-0.2, 0) is 27.2 Å². The van der Waals surface area contributed by atoms with Gasteiger partial charge in [0, 0.05) is 30.8 Å². The van der Waals surface area contributed by atoms with Crippen molar-refractivity contribution in [1.29, 1.82) is 0 Å². The van der Waals surface area contributed by atoms with Crippen LogP contribution in [0.25, 0.3) is 28.2 Å². The van der Waals surface area contributed by atoms with E-state index in [9.17, 15) is 14.4 Å². The summed E-state index contributed by atoms with van der Waals surface area (Å²) in [5.74, 6) is -0.276. The lowest BCUT2D eigenvalue weighted by Gasteiger charge is -2.22. The second-order valence-corrected chi connectivity index (χ2v) is 11.7. The summed E-state index contributed by atoms with van der Waals surface area (Å²) in [5.41, 5.74) is 4.35. The lowest BCUT2D eigenvalue weighted by atomic mass is 9.98. The molecule has 47 heavy (non-hydrogen) atoms. The fourth-order valence-corrected chi connectivity index (χ4v) is 5.92. The molecule has 1 aliphatic carbocycles. The van der Waals surface area contributed by atoms with Crippen molar-refractivity contribution >= 4 is 17.8 Å². The molecular formula is C34H37N7O6. The topological polar surface area (TPSA) is 156 Å². The molecule has 1 N–H and O–H groups in total. The molecule has 0 spiro atoms. The minimum atomic E-state index is -1.21. The van der Waals surface area contributed by atoms with Crippen LogP contribution in [0.4, 0.5) is 4.79 Å². The first-order chi connectivity index (χ1) is 22.9. The zero-order valence-electron chi connectivity index (χ0n) is 26.4. The summed E-state index contributed by atoms with van der Waals surface area (Å²) in [6.07, 6.45) is 7.84. The second kappa shape index (κ2) is 14.4. The zero-order chi connectivity index (χ0) is 32.8. The molecule has 13 nitrogen and oxygen atoms in total. The quantitative estimate of drug-likeness (QED) is 0.140. The first kappa shape index (κ1) is 31.6. The SMILES string of the molecule is CCCCc1cn(Cc2ccc(-c3ccccc3-c3nn[nH]n3)cc2)c2c(C(=O)OC(C)OC(=O)OC3CCCCC3)cnn2c1=O. The fourth-order valence-electron chi connectivity index (χ4n) is 5.92. The number of carbonyl (C=O) groups is 2. The van der Waals surface area contributed by atoms with E-state index < -0.39 is 18.4 Å². The Balaban J connectivity index is 1.25. The van der Waals surface area contributed by atoms with Crippen LogP contribution in [-0.4, -0.2) is 59.3 Å². The van der Waals surface area contributed by atoms with Crippen LogP contribution < -0.4 is 5.56 Å². The van der Waals surface area contributed by atoms with Crippen LogP contribution >= 0.6 is 0 Å². The molecule has 2 aromatic carbocycles. The molecule has 1 atom stereocenters. The molecule has 0 saturated heterocycles. The molecule has 0 aliphatic heterocycles. The highest BCUT2D eigenvalue weighted by Gasteiger charge is 2.25. The molecule has 3 aromatic heterocycles. The first-order valence-electron chi connectivity index (χ1n) is 16.0. The maximum atomic E-state index is 13.4. The molecular weight excluding hydrogens is 602 g/mol. The smallest absolute Gasteiger partial charge is 0.431 e. The van der Waals surface area contributed by atoms with Crippen molar-refractivity contribution in [2.45, 2.75) is 84.2 Å². The van der Waals surface area contributed by atoms with Crippen LogP contribution in [0.15, 0.2) is 65.7 Å². The lowest BCUT2D eigenvalue weighted by Crippen LogP contribution is -2.27. The molecule has 3 heterocycles. The number of nitrogens with one attached hydrogen (secondary N) is 1. The summed E-state index contributed by atoms with van der Waals surface area (Å²) in [5, 5.41) is 18.7. The number of nitrogens with zero attached hydrogens (tertiary/aromatic N) is 6. The highest BCUT2D eigenvalue weighted by atomic mass is 16.8. The standard InChI is InChI=1S/C34H37N7O6/c1-3-4-10-25-21-40(20-23-15-17-24(18-16-23)27-13-8-9-14-28(27)30-36-38-39-37-30)31-29(19-35-41(31)32(25)42)33(43)45-22(2)46-34(44)47-26-11-6-5-7-12-26/h8-9,13-19,21-22,26H,3-7,10-12,20H2,1-2H3,(H,36,37,38,39). The number of unbranched alkanes of at least 4 members (excludes halogenated alkanes) is 1. The van der Waals surface area contributed by atoms with E-state index in [-0.39, 0.29) is 22.9 Å². The monoisotopic (exact) mass is 639 g/mol. The van der Waals surface area contributed by atoms with Crippen LogP contribution in [0, 0.1) is 0 Å². The molecule has 0 amide bonds. The summed E-state index contributed by atoms with van der Waals surface area (Å²) in [4.78, 5) is 39.1. The predicted molar refractivity (Wildman–Crippen MR) is 172 cm³/mol.